The molecule has 0 radical (unpaired) electrons. The number of piperazine rings is 1. The Hall–Kier alpha value is -4.71. The normalized spacial score (nSPS) is 13.5. The van der Waals surface area contributed by atoms with Crippen LogP contribution < -0.4 is 29.7 Å². The molecule has 1 saturated heterocycles. The number of hydrogen-bond acceptors (Lipinski definition) is 9. The van der Waals surface area contributed by atoms with Crippen LogP contribution in [0.4, 0.5) is 30.4 Å². The quantitative estimate of drug-likeness (QED) is 0.204. The molecule has 0 bridgehead atoms. The molecule has 0 spiro atoms. The lowest BCUT2D eigenvalue weighted by atomic mass is 10.0. The number of rotatable bonds is 10. The third-order valence-electron chi connectivity index (χ3n) is 7.19. The highest BCUT2D eigenvalue weighted by Crippen LogP contribution is 2.44. The molecule has 1 aliphatic rings. The van der Waals surface area contributed by atoms with Crippen LogP contribution in [0.25, 0.3) is 10.9 Å². The van der Waals surface area contributed by atoms with Crippen LogP contribution in [0.2, 0.25) is 0 Å². The summed E-state index contributed by atoms with van der Waals surface area (Å²) < 4.78 is 66.7. The summed E-state index contributed by atoms with van der Waals surface area (Å²) in [5.74, 6) is -0.889. The van der Waals surface area contributed by atoms with E-state index in [9.17, 15) is 18.0 Å². The van der Waals surface area contributed by atoms with Crippen LogP contribution in [0, 0.1) is 0 Å². The number of carbonyl (C=O) groups excluding carboxylic acids is 1. The second kappa shape index (κ2) is 13.3. The first-order chi connectivity index (χ1) is 21.2. The number of methoxy groups -OCH3 is 2. The molecule has 0 amide bonds. The fourth-order valence-corrected chi connectivity index (χ4v) is 5.10. The fourth-order valence-electron chi connectivity index (χ4n) is 5.10. The standard InChI is InChI=1S/C32H33F3N4O5/c1-4-43-31(40)28-29(32(33,34)35)22-17-27(44-19-20-8-6-5-7-9-20)26(42-3)18-24(22)38-30(28)37-23-11-10-21(16-25(23)41-2)39-14-12-36-13-15-39/h5-11,16-18,36H,4,12-15,19H2,1-3H3,(H,37,38). The van der Waals surface area contributed by atoms with Crippen molar-refractivity contribution in [2.45, 2.75) is 19.7 Å². The minimum Gasteiger partial charge on any atom is -0.494 e. The van der Waals surface area contributed by atoms with Gasteiger partial charge in [-0.2, -0.15) is 13.2 Å². The summed E-state index contributed by atoms with van der Waals surface area (Å²) in [4.78, 5) is 19.9. The highest BCUT2D eigenvalue weighted by molar-refractivity contribution is 6.04. The van der Waals surface area contributed by atoms with Gasteiger partial charge in [0.05, 0.1) is 37.6 Å². The maximum Gasteiger partial charge on any atom is 0.418 e. The third-order valence-corrected chi connectivity index (χ3v) is 7.19. The van der Waals surface area contributed by atoms with Crippen LogP contribution in [-0.4, -0.2) is 58.0 Å². The number of ether oxygens (including phenoxy) is 4. The number of hydrogen-bond donors (Lipinski definition) is 2. The number of benzene rings is 3. The molecule has 0 unspecified atom stereocenters. The summed E-state index contributed by atoms with van der Waals surface area (Å²) in [6.45, 7) is 4.72. The molecule has 1 aromatic heterocycles. The van der Waals surface area contributed by atoms with Crippen LogP contribution in [0.3, 0.4) is 0 Å². The van der Waals surface area contributed by atoms with Gasteiger partial charge in [0.2, 0.25) is 0 Å². The van der Waals surface area contributed by atoms with Crippen molar-refractivity contribution < 1.29 is 36.9 Å². The van der Waals surface area contributed by atoms with Crippen molar-refractivity contribution in [3.8, 4) is 17.2 Å². The average molecular weight is 611 g/mol. The van der Waals surface area contributed by atoms with Gasteiger partial charge in [0, 0.05) is 49.4 Å². The Kier molecular flexibility index (Phi) is 9.29. The van der Waals surface area contributed by atoms with Gasteiger partial charge in [-0.1, -0.05) is 30.3 Å². The molecule has 3 aromatic carbocycles. The number of halogens is 3. The van der Waals surface area contributed by atoms with Gasteiger partial charge in [-0.25, -0.2) is 9.78 Å². The van der Waals surface area contributed by atoms with Crippen molar-refractivity contribution in [2.24, 2.45) is 0 Å². The first kappa shape index (κ1) is 30.7. The Labute approximate surface area is 252 Å². The smallest absolute Gasteiger partial charge is 0.418 e. The monoisotopic (exact) mass is 610 g/mol. The summed E-state index contributed by atoms with van der Waals surface area (Å²) in [5.41, 5.74) is 0.0217. The van der Waals surface area contributed by atoms with E-state index in [0.29, 0.717) is 11.4 Å². The number of esters is 1. The summed E-state index contributed by atoms with van der Waals surface area (Å²) >= 11 is 0. The maximum atomic E-state index is 14.9. The first-order valence-electron chi connectivity index (χ1n) is 14.1. The van der Waals surface area contributed by atoms with Crippen molar-refractivity contribution >= 4 is 34.1 Å². The maximum absolute atomic E-state index is 14.9. The van der Waals surface area contributed by atoms with E-state index in [1.54, 1.807) is 12.1 Å². The van der Waals surface area contributed by atoms with Crippen molar-refractivity contribution in [3.63, 3.8) is 0 Å². The molecule has 5 rings (SSSR count). The van der Waals surface area contributed by atoms with Crippen LogP contribution in [0.5, 0.6) is 17.2 Å². The molecule has 0 aliphatic carbocycles. The number of anilines is 3. The molecule has 0 saturated carbocycles. The summed E-state index contributed by atoms with van der Waals surface area (Å²) in [6, 6.07) is 17.0. The second-order valence-electron chi connectivity index (χ2n) is 9.97. The van der Waals surface area contributed by atoms with Gasteiger partial charge in [0.15, 0.2) is 11.5 Å². The number of fused-ring (bicyclic) bond motifs is 1. The van der Waals surface area contributed by atoms with Gasteiger partial charge in [-0.15, -0.1) is 0 Å². The van der Waals surface area contributed by atoms with Crippen LogP contribution in [-0.2, 0) is 17.5 Å². The Balaban J connectivity index is 1.64. The second-order valence-corrected chi connectivity index (χ2v) is 9.97. The number of pyridine rings is 1. The van der Waals surface area contributed by atoms with E-state index in [1.165, 1.54) is 33.3 Å². The molecule has 1 fully saturated rings. The summed E-state index contributed by atoms with van der Waals surface area (Å²) in [6.07, 6.45) is -4.96. The fraction of sp³-hybridized carbons (Fsp3) is 0.312. The predicted molar refractivity (Wildman–Crippen MR) is 161 cm³/mol. The molecule has 12 heteroatoms. The predicted octanol–water partition coefficient (Wildman–Crippen LogP) is 6.18. The van der Waals surface area contributed by atoms with Crippen LogP contribution in [0.15, 0.2) is 60.7 Å². The molecule has 232 valence electrons. The van der Waals surface area contributed by atoms with Gasteiger partial charge in [0.1, 0.15) is 23.7 Å². The van der Waals surface area contributed by atoms with E-state index in [1.807, 2.05) is 36.4 Å². The highest BCUT2D eigenvalue weighted by atomic mass is 19.4. The number of aromatic nitrogens is 1. The van der Waals surface area contributed by atoms with Crippen molar-refractivity contribution in [1.82, 2.24) is 10.3 Å². The lowest BCUT2D eigenvalue weighted by Crippen LogP contribution is -2.43. The van der Waals surface area contributed by atoms with E-state index >= 15 is 0 Å². The van der Waals surface area contributed by atoms with Gasteiger partial charge in [-0.3, -0.25) is 0 Å². The Morgan fingerprint density at radius 3 is 2.36 bits per heavy atom. The van der Waals surface area contributed by atoms with Gasteiger partial charge in [0.25, 0.3) is 0 Å². The largest absolute Gasteiger partial charge is 0.494 e. The minimum absolute atomic E-state index is 0.0619. The molecule has 1 aliphatic heterocycles. The van der Waals surface area contributed by atoms with Gasteiger partial charge in [-0.05, 0) is 30.7 Å². The average Bonchev–Trinajstić information content (AvgIpc) is 3.03. The molecule has 2 N–H and O–H groups in total. The molecular formula is C32H33F3N4O5. The number of carbonyl (C=O) groups is 1. The van der Waals surface area contributed by atoms with Crippen LogP contribution in [0.1, 0.15) is 28.4 Å². The minimum atomic E-state index is -4.96. The molecule has 2 heterocycles. The Morgan fingerprint density at radius 1 is 0.977 bits per heavy atom. The zero-order valence-electron chi connectivity index (χ0n) is 24.6. The molecule has 4 aromatic rings. The molecule has 0 atom stereocenters. The van der Waals surface area contributed by atoms with E-state index in [4.69, 9.17) is 18.9 Å². The van der Waals surface area contributed by atoms with Gasteiger partial charge >= 0.3 is 12.1 Å². The molecular weight excluding hydrogens is 577 g/mol. The van der Waals surface area contributed by atoms with E-state index in [0.717, 1.165) is 37.4 Å². The summed E-state index contributed by atoms with van der Waals surface area (Å²) in [5, 5.41) is 5.88. The Morgan fingerprint density at radius 2 is 1.70 bits per heavy atom. The van der Waals surface area contributed by atoms with Crippen molar-refractivity contribution in [3.05, 3.63) is 77.4 Å². The summed E-state index contributed by atoms with van der Waals surface area (Å²) in [7, 11) is 2.85. The number of nitrogens with one attached hydrogen (secondary N) is 2. The van der Waals surface area contributed by atoms with Crippen molar-refractivity contribution in [2.75, 3.05) is 57.2 Å². The molecule has 9 nitrogen and oxygen atoms in total. The van der Waals surface area contributed by atoms with E-state index in [2.05, 4.69) is 20.5 Å². The number of alkyl halides is 3. The van der Waals surface area contributed by atoms with E-state index < -0.39 is 23.3 Å². The lowest BCUT2D eigenvalue weighted by molar-refractivity contribution is -0.136. The zero-order valence-corrected chi connectivity index (χ0v) is 24.6. The topological polar surface area (TPSA) is 94.2 Å². The van der Waals surface area contributed by atoms with Gasteiger partial charge < -0.3 is 34.5 Å². The van der Waals surface area contributed by atoms with E-state index in [-0.39, 0.29) is 41.4 Å². The lowest BCUT2D eigenvalue weighted by Gasteiger charge is -2.30. The third kappa shape index (κ3) is 6.60. The highest BCUT2D eigenvalue weighted by Gasteiger charge is 2.41. The van der Waals surface area contributed by atoms with Crippen molar-refractivity contribution in [1.29, 1.82) is 0 Å². The SMILES string of the molecule is CCOC(=O)c1c(Nc2ccc(N3CCNCC3)cc2OC)nc2cc(OC)c(OCc3ccccc3)cc2c1C(F)(F)F. The van der Waals surface area contributed by atoms with Crippen LogP contribution >= 0.6 is 0 Å². The zero-order chi connectivity index (χ0) is 31.3. The molecule has 44 heavy (non-hydrogen) atoms. The first-order valence-corrected chi connectivity index (χ1v) is 14.1. The Bertz CT molecular complexity index is 1630. The number of nitrogens with zero attached hydrogens (tertiary/aromatic N) is 2.